The Hall–Kier alpha value is -5.33. The molecule has 0 atom stereocenters. The highest BCUT2D eigenvalue weighted by atomic mass is 35.5. The lowest BCUT2D eigenvalue weighted by Gasteiger charge is -1.93. The molecule has 0 aliphatic carbocycles. The van der Waals surface area contributed by atoms with E-state index in [-0.39, 0.29) is 11.0 Å². The van der Waals surface area contributed by atoms with Crippen molar-refractivity contribution in [2.24, 2.45) is 7.05 Å². The maximum atomic E-state index is 13.5. The number of anilines is 1. The van der Waals surface area contributed by atoms with Gasteiger partial charge in [-0.2, -0.15) is 35.1 Å². The number of nitrogens with zero attached hydrogens (tertiary/aromatic N) is 9. The molecule has 0 aliphatic rings. The number of rotatable bonds is 4. The molecule has 13 heteroatoms. The van der Waals surface area contributed by atoms with Gasteiger partial charge in [-0.1, -0.05) is 35.6 Å². The topological polar surface area (TPSA) is 118 Å². The van der Waals surface area contributed by atoms with E-state index in [4.69, 9.17) is 17.3 Å². The summed E-state index contributed by atoms with van der Waals surface area (Å²) >= 11 is 6.06. The van der Waals surface area contributed by atoms with Crippen LogP contribution in [0.4, 0.5) is 14.6 Å². The van der Waals surface area contributed by atoms with E-state index in [9.17, 15) is 8.78 Å². The fourth-order valence-corrected chi connectivity index (χ4v) is 3.96. The molecule has 0 saturated carbocycles. The highest BCUT2D eigenvalue weighted by Gasteiger charge is 2.10. The predicted octanol–water partition coefficient (Wildman–Crippen LogP) is 4.39. The van der Waals surface area contributed by atoms with Crippen molar-refractivity contribution < 1.29 is 8.78 Å². The van der Waals surface area contributed by atoms with Crippen molar-refractivity contribution in [3.63, 3.8) is 0 Å². The largest absolute Gasteiger partial charge is 0.384 e. The van der Waals surface area contributed by atoms with Crippen LogP contribution in [0.1, 0.15) is 24.2 Å². The molecule has 42 heavy (non-hydrogen) atoms. The molecule has 2 aromatic carbocycles. The molecule has 0 fully saturated rings. The number of hydrogen-bond donors (Lipinski definition) is 1. The van der Waals surface area contributed by atoms with Gasteiger partial charge < -0.3 is 5.73 Å². The molecule has 4 aromatic heterocycles. The van der Waals surface area contributed by atoms with Crippen molar-refractivity contribution in [2.45, 2.75) is 25.9 Å². The fourth-order valence-electron chi connectivity index (χ4n) is 3.76. The van der Waals surface area contributed by atoms with Crippen molar-refractivity contribution in [3.05, 3.63) is 88.8 Å². The first kappa shape index (κ1) is 28.2. The molecule has 0 amide bonds. The molecule has 0 spiro atoms. The normalized spacial score (nSPS) is 10.5. The first-order valence-electron chi connectivity index (χ1n) is 12.7. The monoisotopic (exact) mass is 584 g/mol. The van der Waals surface area contributed by atoms with Gasteiger partial charge in [-0.25, -0.2) is 13.8 Å². The summed E-state index contributed by atoms with van der Waals surface area (Å²) in [6.07, 6.45) is 2.98. The van der Waals surface area contributed by atoms with Gasteiger partial charge in [0.15, 0.2) is 5.82 Å². The molecule has 0 bridgehead atoms. The molecule has 0 aliphatic heterocycles. The van der Waals surface area contributed by atoms with Crippen LogP contribution < -0.4 is 5.73 Å². The van der Waals surface area contributed by atoms with Crippen LogP contribution in [-0.4, -0.2) is 44.8 Å². The maximum Gasteiger partial charge on any atom is 0.155 e. The van der Waals surface area contributed by atoms with Crippen LogP contribution in [0.15, 0.2) is 60.8 Å². The maximum absolute atomic E-state index is 13.5. The molecular weight excluding hydrogens is 562 g/mol. The van der Waals surface area contributed by atoms with Gasteiger partial charge in [-0.15, -0.1) is 0 Å². The zero-order valence-electron chi connectivity index (χ0n) is 22.3. The Balaban J connectivity index is 0.000000169. The average Bonchev–Trinajstić information content (AvgIpc) is 3.68. The Morgan fingerprint density at radius 1 is 0.786 bits per heavy atom. The Kier molecular flexibility index (Phi) is 8.66. The highest BCUT2D eigenvalue weighted by molar-refractivity contribution is 6.34. The fraction of sp³-hybridized carbons (Fsp3) is 0.172. The van der Waals surface area contributed by atoms with Crippen LogP contribution in [0.2, 0.25) is 5.02 Å². The molecule has 10 nitrogen and oxygen atoms in total. The predicted molar refractivity (Wildman–Crippen MR) is 155 cm³/mol. The third-order valence-corrected chi connectivity index (χ3v) is 5.95. The van der Waals surface area contributed by atoms with E-state index in [0.29, 0.717) is 42.5 Å². The van der Waals surface area contributed by atoms with Crippen LogP contribution in [0.5, 0.6) is 0 Å². The number of nitrogen functional groups attached to an aromatic ring is 1. The molecule has 0 saturated heterocycles. The van der Waals surface area contributed by atoms with Crippen molar-refractivity contribution in [1.82, 2.24) is 44.8 Å². The Labute approximate surface area is 244 Å². The van der Waals surface area contributed by atoms with Crippen LogP contribution in [0.3, 0.4) is 0 Å². The van der Waals surface area contributed by atoms with Crippen molar-refractivity contribution in [2.75, 3.05) is 5.73 Å². The Morgan fingerprint density at radius 3 is 2.17 bits per heavy atom. The van der Waals surface area contributed by atoms with Gasteiger partial charge in [-0.05, 0) is 42.2 Å². The van der Waals surface area contributed by atoms with Gasteiger partial charge in [0.1, 0.15) is 45.1 Å². The van der Waals surface area contributed by atoms with Gasteiger partial charge in [0.05, 0.1) is 18.1 Å². The number of aryl methyl sites for hydroxylation is 3. The van der Waals surface area contributed by atoms with E-state index < -0.39 is 11.6 Å². The first-order chi connectivity index (χ1) is 20.3. The summed E-state index contributed by atoms with van der Waals surface area (Å²) in [6, 6.07) is 14.6. The Bertz CT molecular complexity index is 1990. The van der Waals surface area contributed by atoms with E-state index in [0.717, 1.165) is 28.9 Å². The van der Waals surface area contributed by atoms with Gasteiger partial charge in [-0.3, -0.25) is 4.68 Å². The van der Waals surface area contributed by atoms with E-state index in [1.807, 2.05) is 37.5 Å². The number of halogens is 3. The second kappa shape index (κ2) is 12.9. The number of aromatic nitrogens is 9. The summed E-state index contributed by atoms with van der Waals surface area (Å²) < 4.78 is 28.3. The van der Waals surface area contributed by atoms with Crippen molar-refractivity contribution in [3.8, 4) is 23.7 Å². The SMILES string of the molecule is Cn1ccc(C#CCCn2nc3cccc(Cl)c3n2)n1.Nc1cccc(C#CCCn2nc3cc(F)cc(F)c3n2)n1. The zero-order valence-corrected chi connectivity index (χ0v) is 23.1. The minimum atomic E-state index is -0.726. The Morgan fingerprint density at radius 2 is 1.48 bits per heavy atom. The molecule has 0 unspecified atom stereocenters. The number of fused-ring (bicyclic) bond motifs is 2. The van der Waals surface area contributed by atoms with E-state index >= 15 is 0 Å². The van der Waals surface area contributed by atoms with Crippen LogP contribution >= 0.6 is 11.6 Å². The van der Waals surface area contributed by atoms with Crippen LogP contribution in [0, 0.1) is 35.3 Å². The number of hydrogen-bond acceptors (Lipinski definition) is 7. The van der Waals surface area contributed by atoms with E-state index in [1.165, 1.54) is 4.80 Å². The van der Waals surface area contributed by atoms with Gasteiger partial charge in [0, 0.05) is 38.2 Å². The second-order valence-corrected chi connectivity index (χ2v) is 9.29. The van der Waals surface area contributed by atoms with Gasteiger partial charge in [0.2, 0.25) is 0 Å². The van der Waals surface area contributed by atoms with E-state index in [2.05, 4.69) is 54.2 Å². The summed E-state index contributed by atoms with van der Waals surface area (Å²) in [6.45, 7) is 0.996. The lowest BCUT2D eigenvalue weighted by molar-refractivity contribution is 0.551. The molecule has 6 aromatic rings. The summed E-state index contributed by atoms with van der Waals surface area (Å²) in [5, 5.41) is 21.5. The lowest BCUT2D eigenvalue weighted by atomic mass is 10.3. The average molecular weight is 585 g/mol. The summed E-state index contributed by atoms with van der Waals surface area (Å²) in [7, 11) is 1.87. The molecule has 4 heterocycles. The van der Waals surface area contributed by atoms with E-state index in [1.54, 1.807) is 27.7 Å². The molecular formula is C29H23ClF2N10. The first-order valence-corrected chi connectivity index (χ1v) is 13.1. The standard InChI is InChI=1S/C15H11F2N5.C14H12ClN5/c16-10-8-12(17)15-13(9-10)20-22(21-15)7-2-1-4-11-5-3-6-14(18)19-11;1-19-10-8-11(16-19)5-2-3-9-20-17-13-7-4-6-12(15)14(13)18-20/h3,5-6,8-9H,2,7H2,(H2,18,19);4,6-8,10H,3,9H2,1H3. The van der Waals surface area contributed by atoms with Crippen molar-refractivity contribution >= 4 is 39.5 Å². The van der Waals surface area contributed by atoms with Crippen LogP contribution in [-0.2, 0) is 20.1 Å². The lowest BCUT2D eigenvalue weighted by Crippen LogP contribution is -2.01. The highest BCUT2D eigenvalue weighted by Crippen LogP contribution is 2.19. The third kappa shape index (κ3) is 7.24. The van der Waals surface area contributed by atoms with Gasteiger partial charge in [0.25, 0.3) is 0 Å². The second-order valence-electron chi connectivity index (χ2n) is 8.88. The molecule has 210 valence electrons. The molecule has 6 rings (SSSR count). The smallest absolute Gasteiger partial charge is 0.155 e. The van der Waals surface area contributed by atoms with Crippen molar-refractivity contribution in [1.29, 1.82) is 0 Å². The summed E-state index contributed by atoms with van der Waals surface area (Å²) in [4.78, 5) is 6.98. The number of benzene rings is 2. The summed E-state index contributed by atoms with van der Waals surface area (Å²) in [5.41, 5.74) is 8.66. The summed E-state index contributed by atoms with van der Waals surface area (Å²) in [5.74, 6) is 10.8. The minimum absolute atomic E-state index is 0.0480. The quantitative estimate of drug-likeness (QED) is 0.305. The zero-order chi connectivity index (χ0) is 29.5. The van der Waals surface area contributed by atoms with Crippen LogP contribution in [0.25, 0.3) is 22.1 Å². The minimum Gasteiger partial charge on any atom is -0.384 e. The molecule has 0 radical (unpaired) electrons. The molecule has 2 N–H and O–H groups in total. The third-order valence-electron chi connectivity index (χ3n) is 5.64. The number of nitrogens with two attached hydrogens (primary N) is 1. The number of pyridine rings is 1. The van der Waals surface area contributed by atoms with Gasteiger partial charge >= 0.3 is 0 Å².